The van der Waals surface area contributed by atoms with Gasteiger partial charge in [-0.3, -0.25) is 10.1 Å². The van der Waals surface area contributed by atoms with Crippen molar-refractivity contribution in [2.75, 3.05) is 0 Å². The molecule has 0 spiro atoms. The van der Waals surface area contributed by atoms with Crippen LogP contribution in [0.3, 0.4) is 0 Å². The highest BCUT2D eigenvalue weighted by Gasteiger charge is 2.23. The Balaban J connectivity index is 3.28. The van der Waals surface area contributed by atoms with Gasteiger partial charge in [0, 0.05) is 0 Å². The van der Waals surface area contributed by atoms with Crippen molar-refractivity contribution in [2.24, 2.45) is 0 Å². The lowest BCUT2D eigenvalue weighted by atomic mass is 10.2. The van der Waals surface area contributed by atoms with E-state index >= 15 is 0 Å². The molecule has 15 heavy (non-hydrogen) atoms. The van der Waals surface area contributed by atoms with Crippen LogP contribution in [0.25, 0.3) is 0 Å². The number of rotatable bonds is 3. The van der Waals surface area contributed by atoms with Gasteiger partial charge in [0.05, 0.1) is 16.1 Å². The molecule has 5 nitrogen and oxygen atoms in total. The number of benzene rings is 1. The first-order valence-electron chi connectivity index (χ1n) is 3.86. The van der Waals surface area contributed by atoms with Gasteiger partial charge in [-0.25, -0.2) is 4.79 Å². The second-order valence-corrected chi connectivity index (χ2v) is 2.98. The fourth-order valence-corrected chi connectivity index (χ4v) is 1.32. The van der Waals surface area contributed by atoms with Crippen molar-refractivity contribution in [3.63, 3.8) is 0 Å². The zero-order valence-corrected chi connectivity index (χ0v) is 8.44. The van der Waals surface area contributed by atoms with Crippen LogP contribution in [0, 0.1) is 10.1 Å². The lowest BCUT2D eigenvalue weighted by Gasteiger charge is -2.02. The van der Waals surface area contributed by atoms with E-state index in [4.69, 9.17) is 0 Å². The third kappa shape index (κ3) is 2.35. The van der Waals surface area contributed by atoms with E-state index in [0.717, 1.165) is 6.26 Å². The van der Waals surface area contributed by atoms with Gasteiger partial charge in [0.2, 0.25) is 0 Å². The van der Waals surface area contributed by atoms with Crippen molar-refractivity contribution in [3.8, 4) is 0 Å². The van der Waals surface area contributed by atoms with E-state index in [1.807, 2.05) is 0 Å². The van der Waals surface area contributed by atoms with Crippen molar-refractivity contribution < 1.29 is 14.5 Å². The molecule has 0 saturated carbocycles. The van der Waals surface area contributed by atoms with Gasteiger partial charge < -0.3 is 4.74 Å². The highest BCUT2D eigenvalue weighted by Crippen LogP contribution is 2.27. The van der Waals surface area contributed by atoms with Gasteiger partial charge in [-0.15, -0.1) is 12.6 Å². The lowest BCUT2D eigenvalue weighted by Crippen LogP contribution is -2.05. The molecule has 0 fully saturated rings. The van der Waals surface area contributed by atoms with Crippen molar-refractivity contribution in [1.29, 1.82) is 0 Å². The minimum atomic E-state index is -0.826. The number of carbonyl (C=O) groups excluding carboxylic acids is 1. The number of para-hydroxylation sites is 1. The third-order valence-corrected chi connectivity index (χ3v) is 1.97. The Kier molecular flexibility index (Phi) is 3.46. The highest BCUT2D eigenvalue weighted by molar-refractivity contribution is 7.80. The summed E-state index contributed by atoms with van der Waals surface area (Å²) < 4.78 is 4.46. The van der Waals surface area contributed by atoms with Gasteiger partial charge in [0.25, 0.3) is 5.69 Å². The fourth-order valence-electron chi connectivity index (χ4n) is 1.03. The second-order valence-electron chi connectivity index (χ2n) is 2.50. The van der Waals surface area contributed by atoms with Gasteiger partial charge in [-0.1, -0.05) is 12.6 Å². The maximum absolute atomic E-state index is 11.3. The third-order valence-electron chi connectivity index (χ3n) is 1.61. The second kappa shape index (κ2) is 4.61. The number of carbonyl (C=O) groups is 1. The molecule has 6 heteroatoms. The number of hydrogen-bond acceptors (Lipinski definition) is 5. The minimum Gasteiger partial charge on any atom is -0.431 e. The van der Waals surface area contributed by atoms with E-state index in [0.29, 0.717) is 0 Å². The Hall–Kier alpha value is -1.82. The van der Waals surface area contributed by atoms with E-state index in [2.05, 4.69) is 23.9 Å². The summed E-state index contributed by atoms with van der Waals surface area (Å²) in [6.07, 6.45) is 0.914. The average Bonchev–Trinajstić information content (AvgIpc) is 2.17. The van der Waals surface area contributed by atoms with Crippen LogP contribution in [0.1, 0.15) is 10.4 Å². The number of esters is 1. The van der Waals surface area contributed by atoms with Crippen LogP contribution in [0.2, 0.25) is 0 Å². The van der Waals surface area contributed by atoms with E-state index in [-0.39, 0.29) is 16.1 Å². The molecule has 0 unspecified atom stereocenters. The average molecular weight is 225 g/mol. The smallest absolute Gasteiger partial charge is 0.350 e. The normalized spacial score (nSPS) is 9.40. The number of ether oxygens (including phenoxy) is 1. The summed E-state index contributed by atoms with van der Waals surface area (Å²) in [6, 6.07) is 4.20. The lowest BCUT2D eigenvalue weighted by molar-refractivity contribution is -0.388. The molecule has 0 heterocycles. The zero-order chi connectivity index (χ0) is 11.4. The molecular formula is C9H7NO4S. The molecule has 0 aliphatic carbocycles. The highest BCUT2D eigenvalue weighted by atomic mass is 32.1. The van der Waals surface area contributed by atoms with E-state index in [9.17, 15) is 14.9 Å². The number of hydrogen-bond donors (Lipinski definition) is 1. The summed E-state index contributed by atoms with van der Waals surface area (Å²) in [7, 11) is 0. The van der Waals surface area contributed by atoms with E-state index in [1.54, 1.807) is 0 Å². The quantitative estimate of drug-likeness (QED) is 0.281. The standard InChI is InChI=1S/C9H7NO4S/c1-2-14-9(11)6-4-3-5-7(15)8(6)10(12)13/h2-5,15H,1H2. The molecule has 0 N–H and O–H groups in total. The Labute approximate surface area is 90.9 Å². The Morgan fingerprint density at radius 2 is 2.27 bits per heavy atom. The molecule has 1 aromatic carbocycles. The van der Waals surface area contributed by atoms with E-state index in [1.165, 1.54) is 18.2 Å². The maximum atomic E-state index is 11.3. The van der Waals surface area contributed by atoms with Crippen LogP contribution >= 0.6 is 12.6 Å². The molecule has 0 saturated heterocycles. The van der Waals surface area contributed by atoms with Gasteiger partial charge in [0.15, 0.2) is 0 Å². The Morgan fingerprint density at radius 3 is 2.80 bits per heavy atom. The Morgan fingerprint density at radius 1 is 1.60 bits per heavy atom. The van der Waals surface area contributed by atoms with Gasteiger partial charge in [0.1, 0.15) is 5.56 Å². The van der Waals surface area contributed by atoms with Gasteiger partial charge >= 0.3 is 5.97 Å². The van der Waals surface area contributed by atoms with Gasteiger partial charge in [-0.05, 0) is 12.1 Å². The summed E-state index contributed by atoms with van der Waals surface area (Å²) in [6.45, 7) is 3.19. The molecule has 78 valence electrons. The summed E-state index contributed by atoms with van der Waals surface area (Å²) in [5.74, 6) is -0.826. The first-order valence-corrected chi connectivity index (χ1v) is 4.31. The molecule has 0 radical (unpaired) electrons. The van der Waals surface area contributed by atoms with E-state index < -0.39 is 10.9 Å². The SMILES string of the molecule is C=COC(=O)c1cccc(S)c1[N+](=O)[O-]. The van der Waals surface area contributed by atoms with Crippen LogP contribution < -0.4 is 0 Å². The monoisotopic (exact) mass is 225 g/mol. The number of nitro groups is 1. The molecule has 0 bridgehead atoms. The van der Waals surface area contributed by atoms with Crippen molar-refractivity contribution in [1.82, 2.24) is 0 Å². The fraction of sp³-hybridized carbons (Fsp3) is 0. The first kappa shape index (κ1) is 11.3. The predicted molar refractivity (Wildman–Crippen MR) is 56.0 cm³/mol. The molecule has 0 amide bonds. The predicted octanol–water partition coefficient (Wildman–Crippen LogP) is 2.18. The summed E-state index contributed by atoms with van der Waals surface area (Å²) >= 11 is 3.89. The van der Waals surface area contributed by atoms with Crippen molar-refractivity contribution >= 4 is 24.3 Å². The van der Waals surface area contributed by atoms with Crippen molar-refractivity contribution in [3.05, 3.63) is 46.7 Å². The molecule has 0 atom stereocenters. The molecule has 0 aliphatic rings. The Bertz CT molecular complexity index is 430. The van der Waals surface area contributed by atoms with Crippen molar-refractivity contribution in [2.45, 2.75) is 4.90 Å². The molecule has 0 aromatic heterocycles. The summed E-state index contributed by atoms with van der Waals surface area (Å²) in [5.41, 5.74) is -0.514. The number of nitro benzene ring substituents is 1. The largest absolute Gasteiger partial charge is 0.431 e. The number of thiol groups is 1. The van der Waals surface area contributed by atoms with Crippen LogP contribution in [0.15, 0.2) is 35.9 Å². The zero-order valence-electron chi connectivity index (χ0n) is 7.54. The molecule has 1 aromatic rings. The van der Waals surface area contributed by atoms with Crippen LogP contribution in [0.5, 0.6) is 0 Å². The van der Waals surface area contributed by atoms with Crippen LogP contribution in [-0.4, -0.2) is 10.9 Å². The maximum Gasteiger partial charge on any atom is 0.350 e. The topological polar surface area (TPSA) is 69.4 Å². The summed E-state index contributed by atoms with van der Waals surface area (Å²) in [4.78, 5) is 21.4. The van der Waals surface area contributed by atoms with Crippen LogP contribution in [-0.2, 0) is 4.74 Å². The first-order chi connectivity index (χ1) is 7.07. The summed E-state index contributed by atoms with van der Waals surface area (Å²) in [5, 5.41) is 10.7. The van der Waals surface area contributed by atoms with Crippen LogP contribution in [0.4, 0.5) is 5.69 Å². The molecule has 0 aliphatic heterocycles. The number of nitrogens with zero attached hydrogens (tertiary/aromatic N) is 1. The van der Waals surface area contributed by atoms with Gasteiger partial charge in [-0.2, -0.15) is 0 Å². The minimum absolute atomic E-state index is 0.110. The molecule has 1 rings (SSSR count). The molecular weight excluding hydrogens is 218 g/mol.